The molecule has 0 aliphatic rings. The lowest BCUT2D eigenvalue weighted by Crippen LogP contribution is -2.29. The monoisotopic (exact) mass is 233 g/mol. The summed E-state index contributed by atoms with van der Waals surface area (Å²) in [6.07, 6.45) is -0.330. The number of para-hydroxylation sites is 1. The van der Waals surface area contributed by atoms with Crippen molar-refractivity contribution >= 4 is 5.69 Å². The number of hydrogen-bond donors (Lipinski definition) is 3. The fourth-order valence-electron chi connectivity index (χ4n) is 1.58. The van der Waals surface area contributed by atoms with Crippen LogP contribution in [0.3, 0.4) is 0 Å². The van der Waals surface area contributed by atoms with E-state index >= 15 is 0 Å². The topological polar surface area (TPSA) is 68.1 Å². The fraction of sp³-hybridized carbons (Fsp3) is 0.462. The summed E-state index contributed by atoms with van der Waals surface area (Å²) in [5.74, 6) is 0. The van der Waals surface area contributed by atoms with Crippen LogP contribution in [-0.2, 0) is 0 Å². The molecule has 4 nitrogen and oxygen atoms in total. The summed E-state index contributed by atoms with van der Waals surface area (Å²) in [5.41, 5.74) is 2.63. The van der Waals surface area contributed by atoms with Gasteiger partial charge in [0, 0.05) is 19.6 Å². The molecule has 92 valence electrons. The smallest absolute Gasteiger partial charge is 0.101 e. The summed E-state index contributed by atoms with van der Waals surface area (Å²) < 4.78 is 0. The van der Waals surface area contributed by atoms with Crippen LogP contribution in [0.2, 0.25) is 0 Å². The maximum atomic E-state index is 9.07. The van der Waals surface area contributed by atoms with E-state index in [4.69, 9.17) is 10.4 Å². The molecule has 0 saturated carbocycles. The number of nitrogens with one attached hydrogen (secondary N) is 2. The van der Waals surface area contributed by atoms with Crippen LogP contribution in [-0.4, -0.2) is 30.8 Å². The number of hydrogen-bond acceptors (Lipinski definition) is 4. The van der Waals surface area contributed by atoms with Crippen molar-refractivity contribution in [3.8, 4) is 6.07 Å². The molecule has 0 aliphatic heterocycles. The minimum atomic E-state index is -0.330. The molecule has 1 unspecified atom stereocenters. The van der Waals surface area contributed by atoms with Crippen molar-refractivity contribution in [3.63, 3.8) is 0 Å². The van der Waals surface area contributed by atoms with E-state index in [-0.39, 0.29) is 6.10 Å². The maximum absolute atomic E-state index is 9.07. The Balaban J connectivity index is 2.44. The van der Waals surface area contributed by atoms with Gasteiger partial charge in [-0.3, -0.25) is 0 Å². The summed E-state index contributed by atoms with van der Waals surface area (Å²) in [4.78, 5) is 0. The Bertz CT molecular complexity index is 396. The van der Waals surface area contributed by atoms with E-state index in [1.54, 1.807) is 13.0 Å². The highest BCUT2D eigenvalue weighted by atomic mass is 16.3. The molecular formula is C13H19N3O. The van der Waals surface area contributed by atoms with Crippen LogP contribution in [0.4, 0.5) is 5.69 Å². The number of nitriles is 1. The Hall–Kier alpha value is -1.57. The SMILES string of the molecule is Cc1cccc(C#N)c1NCCNCC(C)O. The number of aryl methyl sites for hydroxylation is 1. The fourth-order valence-corrected chi connectivity index (χ4v) is 1.58. The third-order valence-electron chi connectivity index (χ3n) is 2.44. The Morgan fingerprint density at radius 3 is 2.82 bits per heavy atom. The zero-order valence-corrected chi connectivity index (χ0v) is 10.3. The van der Waals surface area contributed by atoms with Crippen molar-refractivity contribution in [1.82, 2.24) is 5.32 Å². The van der Waals surface area contributed by atoms with Gasteiger partial charge in [-0.1, -0.05) is 12.1 Å². The molecule has 1 aromatic carbocycles. The molecular weight excluding hydrogens is 214 g/mol. The molecule has 0 spiro atoms. The first-order chi connectivity index (χ1) is 8.15. The standard InChI is InChI=1S/C13H19N3O/c1-10-4-3-5-12(8-14)13(10)16-7-6-15-9-11(2)17/h3-5,11,15-17H,6-7,9H2,1-2H3. The number of aliphatic hydroxyl groups is 1. The molecule has 0 fully saturated rings. The van der Waals surface area contributed by atoms with E-state index in [0.29, 0.717) is 12.1 Å². The predicted molar refractivity (Wildman–Crippen MR) is 68.9 cm³/mol. The van der Waals surface area contributed by atoms with E-state index in [9.17, 15) is 0 Å². The molecule has 1 aromatic rings. The van der Waals surface area contributed by atoms with Gasteiger partial charge < -0.3 is 15.7 Å². The van der Waals surface area contributed by atoms with Crippen LogP contribution in [0, 0.1) is 18.3 Å². The van der Waals surface area contributed by atoms with Gasteiger partial charge >= 0.3 is 0 Å². The molecule has 0 saturated heterocycles. The molecule has 0 amide bonds. The average molecular weight is 233 g/mol. The maximum Gasteiger partial charge on any atom is 0.101 e. The first-order valence-electron chi connectivity index (χ1n) is 5.77. The zero-order valence-electron chi connectivity index (χ0n) is 10.3. The molecule has 17 heavy (non-hydrogen) atoms. The van der Waals surface area contributed by atoms with Crippen LogP contribution in [0.25, 0.3) is 0 Å². The Labute approximate surface area is 102 Å². The second-order valence-corrected chi connectivity index (χ2v) is 4.09. The van der Waals surface area contributed by atoms with Gasteiger partial charge in [0.1, 0.15) is 6.07 Å². The van der Waals surface area contributed by atoms with Crippen LogP contribution in [0.1, 0.15) is 18.1 Å². The van der Waals surface area contributed by atoms with Crippen molar-refractivity contribution in [2.45, 2.75) is 20.0 Å². The molecule has 0 aliphatic carbocycles. The molecule has 0 radical (unpaired) electrons. The molecule has 1 atom stereocenters. The summed E-state index contributed by atoms with van der Waals surface area (Å²) in [7, 11) is 0. The van der Waals surface area contributed by atoms with Crippen molar-refractivity contribution in [3.05, 3.63) is 29.3 Å². The predicted octanol–water partition coefficient (Wildman–Crippen LogP) is 1.25. The highest BCUT2D eigenvalue weighted by Gasteiger charge is 2.03. The number of benzene rings is 1. The van der Waals surface area contributed by atoms with Gasteiger partial charge in [0.15, 0.2) is 0 Å². The highest BCUT2D eigenvalue weighted by Crippen LogP contribution is 2.18. The number of nitrogens with zero attached hydrogens (tertiary/aromatic N) is 1. The van der Waals surface area contributed by atoms with Crippen LogP contribution >= 0.6 is 0 Å². The van der Waals surface area contributed by atoms with Crippen LogP contribution in [0.15, 0.2) is 18.2 Å². The zero-order chi connectivity index (χ0) is 12.7. The van der Waals surface area contributed by atoms with Gasteiger partial charge in [-0.25, -0.2) is 0 Å². The summed E-state index contributed by atoms with van der Waals surface area (Å²) in [6.45, 7) is 5.79. The van der Waals surface area contributed by atoms with Crippen molar-refractivity contribution in [1.29, 1.82) is 5.26 Å². The van der Waals surface area contributed by atoms with Gasteiger partial charge in [0.05, 0.1) is 17.4 Å². The van der Waals surface area contributed by atoms with Crippen molar-refractivity contribution < 1.29 is 5.11 Å². The first-order valence-corrected chi connectivity index (χ1v) is 5.77. The second-order valence-electron chi connectivity index (χ2n) is 4.09. The van der Waals surface area contributed by atoms with Gasteiger partial charge in [-0.2, -0.15) is 5.26 Å². The van der Waals surface area contributed by atoms with E-state index in [1.807, 2.05) is 19.1 Å². The number of anilines is 1. The summed E-state index contributed by atoms with van der Waals surface area (Å²) in [6, 6.07) is 7.84. The third-order valence-corrected chi connectivity index (χ3v) is 2.44. The third kappa shape index (κ3) is 4.43. The quantitative estimate of drug-likeness (QED) is 0.647. The number of rotatable bonds is 6. The van der Waals surface area contributed by atoms with E-state index < -0.39 is 0 Å². The van der Waals surface area contributed by atoms with Crippen LogP contribution in [0.5, 0.6) is 0 Å². The minimum absolute atomic E-state index is 0.330. The van der Waals surface area contributed by atoms with Crippen molar-refractivity contribution in [2.75, 3.05) is 25.0 Å². The first kappa shape index (κ1) is 13.5. The average Bonchev–Trinajstić information content (AvgIpc) is 2.30. The Morgan fingerprint density at radius 1 is 1.41 bits per heavy atom. The van der Waals surface area contributed by atoms with Gasteiger partial charge in [0.25, 0.3) is 0 Å². The van der Waals surface area contributed by atoms with E-state index in [2.05, 4.69) is 16.7 Å². The Kier molecular flexibility index (Phi) is 5.47. The van der Waals surface area contributed by atoms with Gasteiger partial charge in [-0.15, -0.1) is 0 Å². The highest BCUT2D eigenvalue weighted by molar-refractivity contribution is 5.62. The molecule has 0 heterocycles. The lowest BCUT2D eigenvalue weighted by molar-refractivity contribution is 0.192. The summed E-state index contributed by atoms with van der Waals surface area (Å²) in [5, 5.41) is 24.4. The molecule has 1 rings (SSSR count). The Morgan fingerprint density at radius 2 is 2.18 bits per heavy atom. The molecule has 3 N–H and O–H groups in total. The second kappa shape index (κ2) is 6.89. The van der Waals surface area contributed by atoms with Gasteiger partial charge in [0.2, 0.25) is 0 Å². The van der Waals surface area contributed by atoms with Gasteiger partial charge in [-0.05, 0) is 25.5 Å². The summed E-state index contributed by atoms with van der Waals surface area (Å²) >= 11 is 0. The van der Waals surface area contributed by atoms with E-state index in [0.717, 1.165) is 24.3 Å². The number of aliphatic hydroxyl groups excluding tert-OH is 1. The lowest BCUT2D eigenvalue weighted by Gasteiger charge is -2.12. The molecule has 0 aromatic heterocycles. The largest absolute Gasteiger partial charge is 0.392 e. The molecule has 0 bridgehead atoms. The molecule has 4 heteroatoms. The van der Waals surface area contributed by atoms with Crippen LogP contribution < -0.4 is 10.6 Å². The lowest BCUT2D eigenvalue weighted by atomic mass is 10.1. The normalized spacial score (nSPS) is 11.9. The minimum Gasteiger partial charge on any atom is -0.392 e. The van der Waals surface area contributed by atoms with E-state index in [1.165, 1.54) is 0 Å². The van der Waals surface area contributed by atoms with Crippen molar-refractivity contribution in [2.24, 2.45) is 0 Å².